The number of benzene rings is 2. The normalized spacial score (nSPS) is 21.2. The maximum atomic E-state index is 10.6. The first-order valence-corrected chi connectivity index (χ1v) is 7.37. The number of halogens is 1. The number of hydrogen-bond donors (Lipinski definition) is 1. The van der Waals surface area contributed by atoms with Crippen molar-refractivity contribution < 1.29 is 4.79 Å². The van der Waals surface area contributed by atoms with E-state index in [0.29, 0.717) is 0 Å². The van der Waals surface area contributed by atoms with Crippen LogP contribution in [0, 0.1) is 0 Å². The molecule has 0 aromatic heterocycles. The molecule has 0 saturated carbocycles. The van der Waals surface area contributed by atoms with Gasteiger partial charge in [-0.25, -0.2) is 0 Å². The molecule has 0 aliphatic carbocycles. The minimum atomic E-state index is 0.119. The predicted octanol–water partition coefficient (Wildman–Crippen LogP) is 3.70. The van der Waals surface area contributed by atoms with Gasteiger partial charge >= 0.3 is 0 Å². The summed E-state index contributed by atoms with van der Waals surface area (Å²) in [5, 5.41) is 4.33. The van der Waals surface area contributed by atoms with Crippen LogP contribution in [0.2, 0.25) is 5.02 Å². The lowest BCUT2D eigenvalue weighted by Gasteiger charge is -2.32. The summed E-state index contributed by atoms with van der Waals surface area (Å²) in [4.78, 5) is 10.6. The van der Waals surface area contributed by atoms with Crippen LogP contribution in [0.15, 0.2) is 60.7 Å². The number of carbonyl (C=O) groups is 1. The van der Waals surface area contributed by atoms with Crippen molar-refractivity contribution in [1.82, 2.24) is 5.32 Å². The number of fused-ring (bicyclic) bond motifs is 1. The van der Waals surface area contributed by atoms with E-state index in [1.54, 1.807) is 6.08 Å². The van der Waals surface area contributed by atoms with Crippen LogP contribution in [0.1, 0.15) is 22.7 Å². The lowest BCUT2D eigenvalue weighted by molar-refractivity contribution is -0.104. The van der Waals surface area contributed by atoms with E-state index in [9.17, 15) is 4.79 Å². The summed E-state index contributed by atoms with van der Waals surface area (Å²) in [5.74, 6) is 0. The number of rotatable bonds is 3. The zero-order valence-corrected chi connectivity index (χ0v) is 12.3. The van der Waals surface area contributed by atoms with Gasteiger partial charge in [-0.2, -0.15) is 0 Å². The third-order valence-corrected chi connectivity index (χ3v) is 4.06. The number of nitrogens with one attached hydrogen (secondary N) is 1. The fourth-order valence-corrected chi connectivity index (χ4v) is 2.96. The number of hydrogen-bond acceptors (Lipinski definition) is 2. The lowest BCUT2D eigenvalue weighted by Crippen LogP contribution is -2.38. The summed E-state index contributed by atoms with van der Waals surface area (Å²) in [6.07, 6.45) is 5.19. The van der Waals surface area contributed by atoms with Gasteiger partial charge in [-0.3, -0.25) is 10.1 Å². The predicted molar refractivity (Wildman–Crippen MR) is 85.6 cm³/mol. The highest BCUT2D eigenvalue weighted by atomic mass is 35.5. The SMILES string of the molecule is O=CC=CC1Cc2ccccc2C(c2ccc(Cl)cc2)N1. The second kappa shape index (κ2) is 6.25. The van der Waals surface area contributed by atoms with Gasteiger partial charge in [0.15, 0.2) is 0 Å². The number of allylic oxidation sites excluding steroid dienone is 1. The van der Waals surface area contributed by atoms with Crippen LogP contribution < -0.4 is 5.32 Å². The average Bonchev–Trinajstić information content (AvgIpc) is 2.53. The molecule has 3 heteroatoms. The van der Waals surface area contributed by atoms with Crippen molar-refractivity contribution >= 4 is 17.9 Å². The topological polar surface area (TPSA) is 29.1 Å². The van der Waals surface area contributed by atoms with E-state index < -0.39 is 0 Å². The van der Waals surface area contributed by atoms with E-state index in [-0.39, 0.29) is 12.1 Å². The highest BCUT2D eigenvalue weighted by Gasteiger charge is 2.25. The molecular formula is C18H16ClNO. The molecule has 1 aliphatic rings. The van der Waals surface area contributed by atoms with E-state index in [1.807, 2.05) is 30.3 Å². The Kier molecular flexibility index (Phi) is 4.18. The standard InChI is InChI=1S/C18H16ClNO/c19-15-9-7-13(8-10-15)18-17-6-2-1-4-14(17)12-16(20-18)5-3-11-21/h1-11,16,18,20H,12H2. The molecule has 1 heterocycles. The third-order valence-electron chi connectivity index (χ3n) is 3.81. The van der Waals surface area contributed by atoms with E-state index in [4.69, 9.17) is 11.6 Å². The first-order valence-electron chi connectivity index (χ1n) is 6.99. The Morgan fingerprint density at radius 2 is 1.86 bits per heavy atom. The Morgan fingerprint density at radius 3 is 2.62 bits per heavy atom. The molecule has 2 unspecified atom stereocenters. The smallest absolute Gasteiger partial charge is 0.142 e. The van der Waals surface area contributed by atoms with Gasteiger partial charge in [-0.15, -0.1) is 0 Å². The molecule has 2 atom stereocenters. The van der Waals surface area contributed by atoms with Crippen molar-refractivity contribution in [2.45, 2.75) is 18.5 Å². The molecule has 106 valence electrons. The molecule has 0 bridgehead atoms. The summed E-state index contributed by atoms with van der Waals surface area (Å²) in [7, 11) is 0. The van der Waals surface area contributed by atoms with Gasteiger partial charge in [-0.1, -0.05) is 54.1 Å². The van der Waals surface area contributed by atoms with Crippen LogP contribution in [0.25, 0.3) is 0 Å². The Morgan fingerprint density at radius 1 is 1.10 bits per heavy atom. The second-order valence-corrected chi connectivity index (χ2v) is 5.62. The van der Waals surface area contributed by atoms with Crippen LogP contribution in [0.4, 0.5) is 0 Å². The third kappa shape index (κ3) is 3.07. The van der Waals surface area contributed by atoms with Crippen molar-refractivity contribution in [3.63, 3.8) is 0 Å². The second-order valence-electron chi connectivity index (χ2n) is 5.18. The van der Waals surface area contributed by atoms with Crippen LogP contribution in [0.3, 0.4) is 0 Å². The van der Waals surface area contributed by atoms with Crippen molar-refractivity contribution in [2.24, 2.45) is 0 Å². The molecule has 2 aromatic rings. The van der Waals surface area contributed by atoms with Crippen LogP contribution in [0.5, 0.6) is 0 Å². The Labute approximate surface area is 129 Å². The highest BCUT2D eigenvalue weighted by Crippen LogP contribution is 2.31. The van der Waals surface area contributed by atoms with Gasteiger partial charge in [-0.05, 0) is 41.3 Å². The number of aldehydes is 1. The van der Waals surface area contributed by atoms with E-state index >= 15 is 0 Å². The first kappa shape index (κ1) is 14.1. The molecule has 0 saturated heterocycles. The Balaban J connectivity index is 1.99. The molecule has 2 nitrogen and oxygen atoms in total. The molecule has 0 fully saturated rings. The maximum absolute atomic E-state index is 10.6. The Hall–Kier alpha value is -1.90. The van der Waals surface area contributed by atoms with E-state index in [0.717, 1.165) is 17.7 Å². The highest BCUT2D eigenvalue weighted by molar-refractivity contribution is 6.30. The molecule has 0 radical (unpaired) electrons. The summed E-state index contributed by atoms with van der Waals surface area (Å²) in [6.45, 7) is 0. The summed E-state index contributed by atoms with van der Waals surface area (Å²) < 4.78 is 0. The van der Waals surface area contributed by atoms with Crippen molar-refractivity contribution in [3.8, 4) is 0 Å². The van der Waals surface area contributed by atoms with E-state index in [2.05, 4.69) is 29.6 Å². The van der Waals surface area contributed by atoms with Crippen LogP contribution >= 0.6 is 11.6 Å². The van der Waals surface area contributed by atoms with Crippen molar-refractivity contribution in [1.29, 1.82) is 0 Å². The molecule has 2 aromatic carbocycles. The minimum Gasteiger partial charge on any atom is -0.300 e. The van der Waals surface area contributed by atoms with Crippen molar-refractivity contribution in [3.05, 3.63) is 82.4 Å². The molecule has 1 N–H and O–H groups in total. The summed E-state index contributed by atoms with van der Waals surface area (Å²) in [6, 6.07) is 16.6. The number of carbonyl (C=O) groups excluding carboxylic acids is 1. The molecule has 1 aliphatic heterocycles. The quantitative estimate of drug-likeness (QED) is 0.691. The lowest BCUT2D eigenvalue weighted by atomic mass is 9.86. The van der Waals surface area contributed by atoms with Crippen molar-refractivity contribution in [2.75, 3.05) is 0 Å². The molecular weight excluding hydrogens is 282 g/mol. The van der Waals surface area contributed by atoms with Gasteiger partial charge in [0.05, 0.1) is 6.04 Å². The molecule has 3 rings (SSSR count). The monoisotopic (exact) mass is 297 g/mol. The zero-order chi connectivity index (χ0) is 14.7. The first-order chi connectivity index (χ1) is 10.3. The van der Waals surface area contributed by atoms with Gasteiger partial charge in [0.25, 0.3) is 0 Å². The Bertz CT molecular complexity index is 663. The average molecular weight is 298 g/mol. The molecule has 21 heavy (non-hydrogen) atoms. The molecule has 0 spiro atoms. The van der Waals surface area contributed by atoms with Gasteiger partial charge in [0.2, 0.25) is 0 Å². The maximum Gasteiger partial charge on any atom is 0.142 e. The fourth-order valence-electron chi connectivity index (χ4n) is 2.84. The minimum absolute atomic E-state index is 0.119. The zero-order valence-electron chi connectivity index (χ0n) is 11.5. The largest absolute Gasteiger partial charge is 0.300 e. The van der Waals surface area contributed by atoms with Crippen LogP contribution in [-0.2, 0) is 11.2 Å². The molecule has 0 amide bonds. The van der Waals surface area contributed by atoms with E-state index in [1.165, 1.54) is 16.7 Å². The van der Waals surface area contributed by atoms with Gasteiger partial charge in [0, 0.05) is 11.1 Å². The van der Waals surface area contributed by atoms with Gasteiger partial charge in [0.1, 0.15) is 6.29 Å². The van der Waals surface area contributed by atoms with Crippen LogP contribution in [-0.4, -0.2) is 12.3 Å². The van der Waals surface area contributed by atoms with Gasteiger partial charge < -0.3 is 0 Å². The fraction of sp³-hybridized carbons (Fsp3) is 0.167. The summed E-state index contributed by atoms with van der Waals surface area (Å²) >= 11 is 5.98. The summed E-state index contributed by atoms with van der Waals surface area (Å²) in [5.41, 5.74) is 3.78.